The second-order valence-electron chi connectivity index (χ2n) is 4.57. The van der Waals surface area contributed by atoms with Crippen molar-refractivity contribution in [3.63, 3.8) is 0 Å². The van der Waals surface area contributed by atoms with E-state index < -0.39 is 0 Å². The number of halogens is 1. The number of likely N-dealkylation sites (tertiary alicyclic amines) is 1. The number of amides is 2. The molecule has 1 aliphatic rings. The number of thiophene rings is 1. The van der Waals surface area contributed by atoms with Gasteiger partial charge in [-0.1, -0.05) is 6.07 Å². The van der Waals surface area contributed by atoms with Crippen molar-refractivity contribution in [1.82, 2.24) is 10.2 Å². The van der Waals surface area contributed by atoms with Crippen molar-refractivity contribution in [2.45, 2.75) is 25.3 Å². The molecule has 5 nitrogen and oxygen atoms in total. The number of rotatable bonds is 5. The summed E-state index contributed by atoms with van der Waals surface area (Å²) in [7, 11) is 0. The largest absolute Gasteiger partial charge is 0.354 e. The van der Waals surface area contributed by atoms with Gasteiger partial charge < -0.3 is 16.0 Å². The van der Waals surface area contributed by atoms with Crippen LogP contribution in [0.2, 0.25) is 0 Å². The van der Waals surface area contributed by atoms with Crippen molar-refractivity contribution in [3.8, 4) is 0 Å². The smallest absolute Gasteiger partial charge is 0.264 e. The van der Waals surface area contributed by atoms with E-state index in [9.17, 15) is 9.59 Å². The van der Waals surface area contributed by atoms with E-state index in [2.05, 4.69) is 5.32 Å². The van der Waals surface area contributed by atoms with Crippen molar-refractivity contribution in [2.24, 2.45) is 5.73 Å². The Labute approximate surface area is 128 Å². The molecule has 2 heterocycles. The van der Waals surface area contributed by atoms with Gasteiger partial charge in [0, 0.05) is 13.1 Å². The topological polar surface area (TPSA) is 75.4 Å². The van der Waals surface area contributed by atoms with Gasteiger partial charge in [-0.15, -0.1) is 23.7 Å². The monoisotopic (exact) mass is 317 g/mol. The first kappa shape index (κ1) is 16.9. The Bertz CT molecular complexity index is 439. The lowest BCUT2D eigenvalue weighted by Crippen LogP contribution is -2.46. The third kappa shape index (κ3) is 3.94. The average Bonchev–Trinajstić information content (AvgIpc) is 3.09. The molecule has 0 saturated carbocycles. The number of nitrogens with two attached hydrogens (primary N) is 1. The molecule has 2 amide bonds. The molecule has 7 heteroatoms. The summed E-state index contributed by atoms with van der Waals surface area (Å²) < 4.78 is 0. The molecule has 2 rings (SSSR count). The third-order valence-corrected chi connectivity index (χ3v) is 4.09. The van der Waals surface area contributed by atoms with Crippen LogP contribution in [0.25, 0.3) is 0 Å². The molecule has 1 aliphatic heterocycles. The highest BCUT2D eigenvalue weighted by Gasteiger charge is 2.34. The lowest BCUT2D eigenvalue weighted by molar-refractivity contribution is -0.124. The zero-order valence-electron chi connectivity index (χ0n) is 11.2. The molecule has 0 radical (unpaired) electrons. The minimum absolute atomic E-state index is 0. The van der Waals surface area contributed by atoms with E-state index in [1.54, 1.807) is 11.0 Å². The number of hydrogen-bond acceptors (Lipinski definition) is 4. The van der Waals surface area contributed by atoms with Crippen LogP contribution >= 0.6 is 23.7 Å². The number of nitrogens with one attached hydrogen (secondary N) is 1. The first-order chi connectivity index (χ1) is 9.24. The van der Waals surface area contributed by atoms with E-state index in [0.29, 0.717) is 24.5 Å². The molecule has 0 aromatic carbocycles. The van der Waals surface area contributed by atoms with Crippen LogP contribution in [-0.4, -0.2) is 42.4 Å². The zero-order chi connectivity index (χ0) is 13.7. The predicted octanol–water partition coefficient (Wildman–Crippen LogP) is 1.24. The second-order valence-corrected chi connectivity index (χ2v) is 5.51. The van der Waals surface area contributed by atoms with Crippen LogP contribution in [0.15, 0.2) is 17.5 Å². The van der Waals surface area contributed by atoms with Crippen molar-refractivity contribution in [3.05, 3.63) is 22.4 Å². The molecular formula is C13H20ClN3O2S. The molecule has 1 atom stereocenters. The van der Waals surface area contributed by atoms with Gasteiger partial charge in [-0.3, -0.25) is 9.59 Å². The second kappa shape index (κ2) is 8.24. The Morgan fingerprint density at radius 3 is 2.95 bits per heavy atom. The van der Waals surface area contributed by atoms with Gasteiger partial charge in [0.25, 0.3) is 5.91 Å². The van der Waals surface area contributed by atoms with Crippen LogP contribution in [0, 0.1) is 0 Å². The summed E-state index contributed by atoms with van der Waals surface area (Å²) in [5.74, 6) is -0.0951. The van der Waals surface area contributed by atoms with Gasteiger partial charge in [-0.25, -0.2) is 0 Å². The minimum Gasteiger partial charge on any atom is -0.354 e. The molecule has 1 aromatic heterocycles. The Morgan fingerprint density at radius 1 is 1.50 bits per heavy atom. The summed E-state index contributed by atoms with van der Waals surface area (Å²) in [5.41, 5.74) is 5.39. The number of nitrogens with zero attached hydrogens (tertiary/aromatic N) is 1. The summed E-state index contributed by atoms with van der Waals surface area (Å²) in [6.45, 7) is 1.79. The maximum absolute atomic E-state index is 12.3. The van der Waals surface area contributed by atoms with E-state index >= 15 is 0 Å². The fraction of sp³-hybridized carbons (Fsp3) is 0.538. The Balaban J connectivity index is 0.00000200. The molecule has 112 valence electrons. The zero-order valence-corrected chi connectivity index (χ0v) is 12.8. The van der Waals surface area contributed by atoms with Crippen LogP contribution < -0.4 is 11.1 Å². The number of carbonyl (C=O) groups excluding carboxylic acids is 2. The van der Waals surface area contributed by atoms with Crippen molar-refractivity contribution in [2.75, 3.05) is 19.6 Å². The van der Waals surface area contributed by atoms with Crippen molar-refractivity contribution >= 4 is 35.6 Å². The summed E-state index contributed by atoms with van der Waals surface area (Å²) in [5, 5.41) is 4.72. The van der Waals surface area contributed by atoms with E-state index in [1.165, 1.54) is 11.3 Å². The first-order valence-corrected chi connectivity index (χ1v) is 7.44. The summed E-state index contributed by atoms with van der Waals surface area (Å²) in [6.07, 6.45) is 2.38. The lowest BCUT2D eigenvalue weighted by Gasteiger charge is -2.23. The number of hydrogen-bond donors (Lipinski definition) is 2. The van der Waals surface area contributed by atoms with Gasteiger partial charge in [0.15, 0.2) is 0 Å². The molecule has 1 saturated heterocycles. The highest BCUT2D eigenvalue weighted by atomic mass is 35.5. The SMILES string of the molecule is Cl.NCCCNC(=O)C1CCCN1C(=O)c1cccs1. The molecule has 0 spiro atoms. The van der Waals surface area contributed by atoms with Crippen molar-refractivity contribution in [1.29, 1.82) is 0 Å². The van der Waals surface area contributed by atoms with Crippen LogP contribution in [0.1, 0.15) is 28.9 Å². The van der Waals surface area contributed by atoms with E-state index in [0.717, 1.165) is 19.3 Å². The fourth-order valence-corrected chi connectivity index (χ4v) is 2.93. The Hall–Kier alpha value is -1.11. The molecular weight excluding hydrogens is 298 g/mol. The summed E-state index contributed by atoms with van der Waals surface area (Å²) in [6, 6.07) is 3.33. The van der Waals surface area contributed by atoms with Crippen LogP contribution in [0.4, 0.5) is 0 Å². The third-order valence-electron chi connectivity index (χ3n) is 3.23. The molecule has 0 aliphatic carbocycles. The van der Waals surface area contributed by atoms with Gasteiger partial charge in [-0.2, -0.15) is 0 Å². The van der Waals surface area contributed by atoms with Gasteiger partial charge in [0.2, 0.25) is 5.91 Å². The summed E-state index contributed by atoms with van der Waals surface area (Å²) in [4.78, 5) is 26.7. The van der Waals surface area contributed by atoms with Crippen LogP contribution in [0.3, 0.4) is 0 Å². The van der Waals surface area contributed by atoms with E-state index in [1.807, 2.05) is 11.4 Å². The highest BCUT2D eigenvalue weighted by molar-refractivity contribution is 7.12. The molecule has 1 unspecified atom stereocenters. The summed E-state index contributed by atoms with van der Waals surface area (Å²) >= 11 is 1.41. The van der Waals surface area contributed by atoms with Crippen molar-refractivity contribution < 1.29 is 9.59 Å². The standard InChI is InChI=1S/C13H19N3O2S.ClH/c14-6-3-7-15-12(17)10-4-1-8-16(10)13(18)11-5-2-9-19-11;/h2,5,9-10H,1,3-4,6-8,14H2,(H,15,17);1H. The molecule has 20 heavy (non-hydrogen) atoms. The Morgan fingerprint density at radius 2 is 2.30 bits per heavy atom. The maximum Gasteiger partial charge on any atom is 0.264 e. The van der Waals surface area contributed by atoms with Gasteiger partial charge in [-0.05, 0) is 37.3 Å². The van der Waals surface area contributed by atoms with Gasteiger partial charge in [0.05, 0.1) is 4.88 Å². The number of carbonyl (C=O) groups is 2. The first-order valence-electron chi connectivity index (χ1n) is 6.56. The molecule has 3 N–H and O–H groups in total. The average molecular weight is 318 g/mol. The van der Waals surface area contributed by atoms with Crippen LogP contribution in [-0.2, 0) is 4.79 Å². The van der Waals surface area contributed by atoms with Crippen LogP contribution in [0.5, 0.6) is 0 Å². The molecule has 1 fully saturated rings. The quantitative estimate of drug-likeness (QED) is 0.802. The van der Waals surface area contributed by atoms with Gasteiger partial charge >= 0.3 is 0 Å². The predicted molar refractivity (Wildman–Crippen MR) is 82.3 cm³/mol. The lowest BCUT2D eigenvalue weighted by atomic mass is 10.2. The van der Waals surface area contributed by atoms with Gasteiger partial charge in [0.1, 0.15) is 6.04 Å². The highest BCUT2D eigenvalue weighted by Crippen LogP contribution is 2.22. The van der Waals surface area contributed by atoms with E-state index in [-0.39, 0.29) is 30.3 Å². The maximum atomic E-state index is 12.3. The minimum atomic E-state index is -0.327. The molecule has 0 bridgehead atoms. The van der Waals surface area contributed by atoms with E-state index in [4.69, 9.17) is 5.73 Å². The Kier molecular flexibility index (Phi) is 6.98. The molecule has 1 aromatic rings. The fourth-order valence-electron chi connectivity index (χ4n) is 2.26. The normalized spacial score (nSPS) is 17.6.